The third-order valence-electron chi connectivity index (χ3n) is 3.44. The van der Waals surface area contributed by atoms with Crippen LogP contribution in [-0.2, 0) is 9.53 Å². The lowest BCUT2D eigenvalue weighted by molar-refractivity contribution is -0.145. The summed E-state index contributed by atoms with van der Waals surface area (Å²) in [4.78, 5) is 11.7. The topological polar surface area (TPSA) is 35.5 Å². The Labute approximate surface area is 94.4 Å². The Morgan fingerprint density at radius 3 is 3.12 bits per heavy atom. The molecule has 0 saturated heterocycles. The molecule has 2 aliphatic rings. The van der Waals surface area contributed by atoms with Crippen molar-refractivity contribution in [2.75, 3.05) is 13.2 Å². The first kappa shape index (κ1) is 9.70. The predicted octanol–water partition coefficient (Wildman–Crippen LogP) is 1.97. The van der Waals surface area contributed by atoms with E-state index in [1.807, 2.05) is 31.2 Å². The number of para-hydroxylation sites is 1. The average molecular weight is 218 g/mol. The third-order valence-corrected chi connectivity index (χ3v) is 3.44. The van der Waals surface area contributed by atoms with Crippen molar-refractivity contribution in [1.82, 2.24) is 0 Å². The van der Waals surface area contributed by atoms with Gasteiger partial charge in [-0.1, -0.05) is 18.2 Å². The number of esters is 1. The Balaban J connectivity index is 1.85. The van der Waals surface area contributed by atoms with Crippen LogP contribution in [0, 0.1) is 11.8 Å². The largest absolute Gasteiger partial charge is 0.493 e. The molecule has 0 radical (unpaired) electrons. The molecule has 3 nitrogen and oxygen atoms in total. The standard InChI is InChI=1S/C13H14O3/c1-2-15-13(14)12-9-7-16-10-6-4-3-5-8(10)11(9)12/h3-6,9,11-12H,2,7H2,1H3/t9-,11-,12?/m0/s1. The third kappa shape index (κ3) is 1.31. The van der Waals surface area contributed by atoms with Gasteiger partial charge in [-0.2, -0.15) is 0 Å². The molecule has 3 rings (SSSR count). The van der Waals surface area contributed by atoms with Crippen LogP contribution in [0.25, 0.3) is 0 Å². The minimum atomic E-state index is -0.0715. The fourth-order valence-electron chi connectivity index (χ4n) is 2.64. The van der Waals surface area contributed by atoms with E-state index in [9.17, 15) is 4.79 Å². The lowest BCUT2D eigenvalue weighted by atomic mass is 10.1. The van der Waals surface area contributed by atoms with E-state index in [1.54, 1.807) is 0 Å². The van der Waals surface area contributed by atoms with Crippen LogP contribution in [0.3, 0.4) is 0 Å². The van der Waals surface area contributed by atoms with E-state index in [-0.39, 0.29) is 11.9 Å². The summed E-state index contributed by atoms with van der Waals surface area (Å²) in [5.74, 6) is 1.52. The SMILES string of the molecule is CCOC(=O)C1[C@H]2COc3ccccc3[C@H]12. The van der Waals surface area contributed by atoms with Gasteiger partial charge in [-0.25, -0.2) is 0 Å². The van der Waals surface area contributed by atoms with Crippen LogP contribution in [0.2, 0.25) is 0 Å². The second-order valence-electron chi connectivity index (χ2n) is 4.32. The Morgan fingerprint density at radius 2 is 2.31 bits per heavy atom. The molecule has 3 atom stereocenters. The maximum absolute atomic E-state index is 11.7. The number of hydrogen-bond donors (Lipinski definition) is 0. The molecule has 1 fully saturated rings. The van der Waals surface area contributed by atoms with Gasteiger partial charge in [0.15, 0.2) is 0 Å². The molecule has 0 spiro atoms. The van der Waals surface area contributed by atoms with Crippen molar-refractivity contribution in [3.8, 4) is 5.75 Å². The maximum atomic E-state index is 11.7. The van der Waals surface area contributed by atoms with E-state index in [0.717, 1.165) is 11.3 Å². The molecule has 1 aliphatic heterocycles. The van der Waals surface area contributed by atoms with Crippen molar-refractivity contribution >= 4 is 5.97 Å². The molecule has 1 aromatic rings. The second kappa shape index (κ2) is 3.51. The molecule has 84 valence electrons. The number of carbonyl (C=O) groups excluding carboxylic acids is 1. The van der Waals surface area contributed by atoms with Crippen LogP contribution in [0.15, 0.2) is 24.3 Å². The van der Waals surface area contributed by atoms with E-state index in [1.165, 1.54) is 0 Å². The molecule has 0 aromatic heterocycles. The van der Waals surface area contributed by atoms with Crippen molar-refractivity contribution in [3.63, 3.8) is 0 Å². The smallest absolute Gasteiger partial charge is 0.309 e. The van der Waals surface area contributed by atoms with Crippen LogP contribution in [-0.4, -0.2) is 19.2 Å². The quantitative estimate of drug-likeness (QED) is 0.712. The van der Waals surface area contributed by atoms with Crippen LogP contribution < -0.4 is 4.74 Å². The zero-order chi connectivity index (χ0) is 11.1. The fourth-order valence-corrected chi connectivity index (χ4v) is 2.64. The van der Waals surface area contributed by atoms with Gasteiger partial charge < -0.3 is 9.47 Å². The summed E-state index contributed by atoms with van der Waals surface area (Å²) in [5, 5.41) is 0. The molecule has 0 amide bonds. The molecule has 3 heteroatoms. The van der Waals surface area contributed by atoms with Crippen molar-refractivity contribution in [3.05, 3.63) is 29.8 Å². The van der Waals surface area contributed by atoms with Crippen LogP contribution in [0.1, 0.15) is 18.4 Å². The van der Waals surface area contributed by atoms with E-state index in [0.29, 0.717) is 25.0 Å². The van der Waals surface area contributed by atoms with Gasteiger partial charge in [-0.3, -0.25) is 4.79 Å². The zero-order valence-electron chi connectivity index (χ0n) is 9.18. The highest BCUT2D eigenvalue weighted by atomic mass is 16.5. The van der Waals surface area contributed by atoms with Crippen LogP contribution >= 0.6 is 0 Å². The lowest BCUT2D eigenvalue weighted by Crippen LogP contribution is -2.10. The number of hydrogen-bond acceptors (Lipinski definition) is 3. The molecular formula is C13H14O3. The van der Waals surface area contributed by atoms with Gasteiger partial charge in [0.1, 0.15) is 5.75 Å². The molecule has 0 bridgehead atoms. The molecule has 1 aromatic carbocycles. The highest BCUT2D eigenvalue weighted by Gasteiger charge is 2.59. The maximum Gasteiger partial charge on any atom is 0.309 e. The molecule has 1 heterocycles. The van der Waals surface area contributed by atoms with E-state index in [2.05, 4.69) is 0 Å². The van der Waals surface area contributed by atoms with E-state index in [4.69, 9.17) is 9.47 Å². The first-order valence-corrected chi connectivity index (χ1v) is 5.71. The number of benzene rings is 1. The number of ether oxygens (including phenoxy) is 2. The van der Waals surface area contributed by atoms with Gasteiger partial charge in [-0.15, -0.1) is 0 Å². The van der Waals surface area contributed by atoms with Gasteiger partial charge in [0.2, 0.25) is 0 Å². The molecule has 1 aliphatic carbocycles. The molecular weight excluding hydrogens is 204 g/mol. The lowest BCUT2D eigenvalue weighted by Gasteiger charge is -2.15. The van der Waals surface area contributed by atoms with Crippen molar-refractivity contribution in [2.24, 2.45) is 11.8 Å². The number of fused-ring (bicyclic) bond motifs is 3. The number of rotatable bonds is 2. The highest BCUT2D eigenvalue weighted by Crippen LogP contribution is 2.59. The summed E-state index contributed by atoms with van der Waals surface area (Å²) in [5.41, 5.74) is 1.16. The molecule has 0 N–H and O–H groups in total. The van der Waals surface area contributed by atoms with Crippen molar-refractivity contribution in [2.45, 2.75) is 12.8 Å². The van der Waals surface area contributed by atoms with Gasteiger partial charge >= 0.3 is 5.97 Å². The second-order valence-corrected chi connectivity index (χ2v) is 4.32. The minimum Gasteiger partial charge on any atom is -0.493 e. The molecule has 1 saturated carbocycles. The molecule has 1 unspecified atom stereocenters. The van der Waals surface area contributed by atoms with E-state index >= 15 is 0 Å². The van der Waals surface area contributed by atoms with Gasteiger partial charge in [0.25, 0.3) is 0 Å². The normalized spacial score (nSPS) is 29.7. The highest BCUT2D eigenvalue weighted by molar-refractivity contribution is 5.79. The van der Waals surface area contributed by atoms with Gasteiger partial charge in [-0.05, 0) is 18.6 Å². The zero-order valence-corrected chi connectivity index (χ0v) is 9.18. The molecule has 16 heavy (non-hydrogen) atoms. The monoisotopic (exact) mass is 218 g/mol. The first-order chi connectivity index (χ1) is 7.83. The summed E-state index contributed by atoms with van der Waals surface area (Å²) in [7, 11) is 0. The Bertz CT molecular complexity index is 427. The van der Waals surface area contributed by atoms with Crippen molar-refractivity contribution in [1.29, 1.82) is 0 Å². The summed E-state index contributed by atoms with van der Waals surface area (Å²) in [6, 6.07) is 7.96. The van der Waals surface area contributed by atoms with Gasteiger partial charge in [0.05, 0.1) is 19.1 Å². The van der Waals surface area contributed by atoms with Crippen LogP contribution in [0.4, 0.5) is 0 Å². The predicted molar refractivity (Wildman–Crippen MR) is 58.3 cm³/mol. The number of carbonyl (C=O) groups is 1. The fraction of sp³-hybridized carbons (Fsp3) is 0.462. The minimum absolute atomic E-state index is 0.0172. The Morgan fingerprint density at radius 1 is 1.50 bits per heavy atom. The van der Waals surface area contributed by atoms with Gasteiger partial charge in [0, 0.05) is 11.8 Å². The summed E-state index contributed by atoms with van der Waals surface area (Å²) < 4.78 is 10.7. The Kier molecular flexibility index (Phi) is 2.13. The first-order valence-electron chi connectivity index (χ1n) is 5.71. The van der Waals surface area contributed by atoms with E-state index < -0.39 is 0 Å². The summed E-state index contributed by atoms with van der Waals surface area (Å²) in [6.07, 6.45) is 0. The summed E-state index contributed by atoms with van der Waals surface area (Å²) in [6.45, 7) is 2.94. The average Bonchev–Trinajstić information content (AvgIpc) is 3.04. The Hall–Kier alpha value is -1.51. The van der Waals surface area contributed by atoms with Crippen LogP contribution in [0.5, 0.6) is 5.75 Å². The summed E-state index contributed by atoms with van der Waals surface area (Å²) >= 11 is 0. The van der Waals surface area contributed by atoms with Crippen molar-refractivity contribution < 1.29 is 14.3 Å².